The molecule has 1 N–H and O–H groups in total. The summed E-state index contributed by atoms with van der Waals surface area (Å²) in [6, 6.07) is 6.62. The number of hydrogen-bond donors (Lipinski definition) is 1. The Hall–Kier alpha value is -2.25. The molecule has 7 heteroatoms. The Morgan fingerprint density at radius 3 is 2.50 bits per heavy atom. The molecule has 1 fully saturated rings. The molecule has 0 bridgehead atoms. The van der Waals surface area contributed by atoms with Crippen LogP contribution < -0.4 is 5.32 Å². The molecule has 0 spiro atoms. The van der Waals surface area contributed by atoms with Gasteiger partial charge in [0.15, 0.2) is 0 Å². The molecule has 1 saturated heterocycles. The van der Waals surface area contributed by atoms with Gasteiger partial charge in [-0.2, -0.15) is 0 Å². The lowest BCUT2D eigenvalue weighted by Gasteiger charge is -2.34. The van der Waals surface area contributed by atoms with Crippen molar-refractivity contribution in [2.45, 2.75) is 20.0 Å². The lowest BCUT2D eigenvalue weighted by Crippen LogP contribution is -2.49. The van der Waals surface area contributed by atoms with Crippen LogP contribution in [0.4, 0.5) is 0 Å². The van der Waals surface area contributed by atoms with Crippen LogP contribution in [0.3, 0.4) is 0 Å². The van der Waals surface area contributed by atoms with Crippen molar-refractivity contribution in [2.24, 2.45) is 5.92 Å². The number of rotatable bonds is 6. The Bertz CT molecular complexity index is 669. The molecule has 1 aromatic carbocycles. The number of imide groups is 1. The maximum absolute atomic E-state index is 12.3. The van der Waals surface area contributed by atoms with Crippen LogP contribution in [0.15, 0.2) is 24.3 Å². The average Bonchev–Trinajstić information content (AvgIpc) is 2.85. The fraction of sp³-hybridized carbons (Fsp3) is 0.526. The van der Waals surface area contributed by atoms with Crippen LogP contribution in [-0.2, 0) is 9.53 Å². The normalized spacial score (nSPS) is 20.6. The van der Waals surface area contributed by atoms with Crippen molar-refractivity contribution in [1.82, 2.24) is 15.1 Å². The predicted octanol–water partition coefficient (Wildman–Crippen LogP) is 0.756. The summed E-state index contributed by atoms with van der Waals surface area (Å²) in [6.07, 6.45) is -0.0753. The molecule has 2 heterocycles. The lowest BCUT2D eigenvalue weighted by atomic mass is 10.1. The summed E-state index contributed by atoms with van der Waals surface area (Å²) in [7, 11) is 0. The number of carbonyl (C=O) groups excluding carboxylic acids is 3. The second kappa shape index (κ2) is 7.97. The lowest BCUT2D eigenvalue weighted by molar-refractivity contribution is -0.122. The molecule has 0 aromatic heterocycles. The van der Waals surface area contributed by atoms with E-state index in [1.165, 1.54) is 0 Å². The van der Waals surface area contributed by atoms with Crippen molar-refractivity contribution in [1.29, 1.82) is 0 Å². The quantitative estimate of drug-likeness (QED) is 0.759. The minimum absolute atomic E-state index is 0.0753. The first-order valence-corrected chi connectivity index (χ1v) is 9.01. The van der Waals surface area contributed by atoms with E-state index in [0.29, 0.717) is 30.2 Å². The zero-order chi connectivity index (χ0) is 18.7. The molecule has 2 aliphatic heterocycles. The topological polar surface area (TPSA) is 79.0 Å². The first-order chi connectivity index (χ1) is 12.5. The van der Waals surface area contributed by atoms with Crippen LogP contribution in [0.2, 0.25) is 0 Å². The van der Waals surface area contributed by atoms with Gasteiger partial charge < -0.3 is 10.1 Å². The van der Waals surface area contributed by atoms with Crippen LogP contribution in [0, 0.1) is 5.92 Å². The number of nitrogens with zero attached hydrogens (tertiary/aromatic N) is 2. The van der Waals surface area contributed by atoms with Gasteiger partial charge in [0.25, 0.3) is 11.8 Å². The largest absolute Gasteiger partial charge is 0.374 e. The minimum atomic E-state index is -0.419. The van der Waals surface area contributed by atoms with Crippen molar-refractivity contribution in [3.63, 3.8) is 0 Å². The second-order valence-corrected chi connectivity index (χ2v) is 7.19. The number of fused-ring (bicyclic) bond motifs is 1. The highest BCUT2D eigenvalue weighted by atomic mass is 16.5. The van der Waals surface area contributed by atoms with Crippen molar-refractivity contribution < 1.29 is 19.1 Å². The highest BCUT2D eigenvalue weighted by molar-refractivity contribution is 6.22. The molecule has 2 aliphatic rings. The smallest absolute Gasteiger partial charge is 0.262 e. The summed E-state index contributed by atoms with van der Waals surface area (Å²) in [6.45, 7) is 7.77. The average molecular weight is 359 g/mol. The molecule has 1 atom stereocenters. The van der Waals surface area contributed by atoms with E-state index in [2.05, 4.69) is 24.1 Å². The highest BCUT2D eigenvalue weighted by Gasteiger charge is 2.36. The van der Waals surface area contributed by atoms with Gasteiger partial charge in [0.1, 0.15) is 6.54 Å². The summed E-state index contributed by atoms with van der Waals surface area (Å²) in [4.78, 5) is 40.1. The number of amides is 3. The summed E-state index contributed by atoms with van der Waals surface area (Å²) in [5.41, 5.74) is 0.704. The molecule has 7 nitrogen and oxygen atoms in total. The van der Waals surface area contributed by atoms with Crippen molar-refractivity contribution in [2.75, 3.05) is 39.3 Å². The van der Waals surface area contributed by atoms with Crippen molar-refractivity contribution in [3.8, 4) is 0 Å². The molecule has 0 radical (unpaired) electrons. The molecule has 1 aromatic rings. The Labute approximate surface area is 153 Å². The van der Waals surface area contributed by atoms with Crippen molar-refractivity contribution in [3.05, 3.63) is 35.4 Å². The molecule has 0 aliphatic carbocycles. The molecular weight excluding hydrogens is 334 g/mol. The Balaban J connectivity index is 1.49. The van der Waals surface area contributed by atoms with Gasteiger partial charge in [-0.05, 0) is 18.1 Å². The zero-order valence-corrected chi connectivity index (χ0v) is 15.2. The van der Waals surface area contributed by atoms with E-state index < -0.39 is 11.8 Å². The molecule has 3 rings (SSSR count). The Morgan fingerprint density at radius 1 is 1.23 bits per heavy atom. The maximum Gasteiger partial charge on any atom is 0.262 e. The standard InChI is InChI=1S/C19H25N3O4/c1-13(2)10-21-7-8-26-14(11-21)9-20-17(23)12-22-18(24)15-5-3-4-6-16(15)19(22)25/h3-6,13-14H,7-12H2,1-2H3,(H,20,23)/t14-/m1/s1. The molecule has 0 saturated carbocycles. The van der Waals surface area contributed by atoms with Crippen LogP contribution in [0.1, 0.15) is 34.6 Å². The highest BCUT2D eigenvalue weighted by Crippen LogP contribution is 2.21. The monoisotopic (exact) mass is 359 g/mol. The van der Waals surface area contributed by atoms with Gasteiger partial charge in [0.2, 0.25) is 5.91 Å². The third-order valence-corrected chi connectivity index (χ3v) is 4.55. The van der Waals surface area contributed by atoms with E-state index in [0.717, 1.165) is 24.5 Å². The Morgan fingerprint density at radius 2 is 1.88 bits per heavy atom. The number of hydrogen-bond acceptors (Lipinski definition) is 5. The molecule has 0 unspecified atom stereocenters. The minimum Gasteiger partial charge on any atom is -0.374 e. The van der Waals surface area contributed by atoms with Crippen LogP contribution in [0.5, 0.6) is 0 Å². The number of benzene rings is 1. The fourth-order valence-electron chi connectivity index (χ4n) is 3.40. The summed E-state index contributed by atoms with van der Waals surface area (Å²) in [5, 5.41) is 2.78. The van der Waals surface area contributed by atoms with Gasteiger partial charge in [-0.25, -0.2) is 0 Å². The van der Waals surface area contributed by atoms with E-state index in [1.54, 1.807) is 24.3 Å². The van der Waals surface area contributed by atoms with Gasteiger partial charge in [-0.15, -0.1) is 0 Å². The molecule has 26 heavy (non-hydrogen) atoms. The van der Waals surface area contributed by atoms with E-state index in [4.69, 9.17) is 4.74 Å². The number of morpholine rings is 1. The first-order valence-electron chi connectivity index (χ1n) is 9.01. The number of ether oxygens (including phenoxy) is 1. The zero-order valence-electron chi connectivity index (χ0n) is 15.2. The van der Waals surface area contributed by atoms with Gasteiger partial charge in [0, 0.05) is 26.2 Å². The summed E-state index contributed by atoms with van der Waals surface area (Å²) >= 11 is 0. The Kier molecular flexibility index (Phi) is 5.68. The molecule has 140 valence electrons. The first kappa shape index (κ1) is 18.5. The third kappa shape index (κ3) is 4.11. The number of carbonyl (C=O) groups is 3. The van der Waals surface area contributed by atoms with Gasteiger partial charge in [-0.3, -0.25) is 24.2 Å². The third-order valence-electron chi connectivity index (χ3n) is 4.55. The summed E-state index contributed by atoms with van der Waals surface area (Å²) < 4.78 is 5.70. The fourth-order valence-corrected chi connectivity index (χ4v) is 3.40. The van der Waals surface area contributed by atoms with Gasteiger partial charge in [-0.1, -0.05) is 26.0 Å². The molecular formula is C19H25N3O4. The van der Waals surface area contributed by atoms with Gasteiger partial charge >= 0.3 is 0 Å². The van der Waals surface area contributed by atoms with Crippen LogP contribution in [0.25, 0.3) is 0 Å². The predicted molar refractivity (Wildman–Crippen MR) is 95.8 cm³/mol. The molecule has 3 amide bonds. The van der Waals surface area contributed by atoms with Crippen LogP contribution in [-0.4, -0.2) is 73.0 Å². The summed E-state index contributed by atoms with van der Waals surface area (Å²) in [5.74, 6) is -0.614. The van der Waals surface area contributed by atoms with Crippen LogP contribution >= 0.6 is 0 Å². The van der Waals surface area contributed by atoms with Crippen molar-refractivity contribution >= 4 is 17.7 Å². The van der Waals surface area contributed by atoms with E-state index >= 15 is 0 Å². The van der Waals surface area contributed by atoms with E-state index in [1.807, 2.05) is 0 Å². The van der Waals surface area contributed by atoms with E-state index in [-0.39, 0.29) is 18.6 Å². The number of nitrogens with one attached hydrogen (secondary N) is 1. The van der Waals surface area contributed by atoms with E-state index in [9.17, 15) is 14.4 Å². The maximum atomic E-state index is 12.3. The second-order valence-electron chi connectivity index (χ2n) is 7.19. The SMILES string of the molecule is CC(C)CN1CCO[C@H](CNC(=O)CN2C(=O)c3ccccc3C2=O)C1. The van der Waals surface area contributed by atoms with Gasteiger partial charge in [0.05, 0.1) is 23.8 Å².